The number of nitrogens with zero attached hydrogens (tertiary/aromatic N) is 4. The highest BCUT2D eigenvalue weighted by Crippen LogP contribution is 2.33. The number of alkyl halides is 3. The van der Waals surface area contributed by atoms with Gasteiger partial charge >= 0.3 is 6.18 Å². The summed E-state index contributed by atoms with van der Waals surface area (Å²) in [5.74, 6) is -0.111. The summed E-state index contributed by atoms with van der Waals surface area (Å²) in [7, 11) is 1.99. The molecule has 2 heterocycles. The zero-order valence-electron chi connectivity index (χ0n) is 15.6. The van der Waals surface area contributed by atoms with Gasteiger partial charge in [0, 0.05) is 31.7 Å². The van der Waals surface area contributed by atoms with Gasteiger partial charge in [-0.05, 0) is 20.0 Å². The van der Waals surface area contributed by atoms with Gasteiger partial charge in [-0.1, -0.05) is 42.1 Å². The first-order chi connectivity index (χ1) is 13.2. The summed E-state index contributed by atoms with van der Waals surface area (Å²) in [6.45, 7) is 4.46. The van der Waals surface area contributed by atoms with Crippen LogP contribution in [-0.2, 0) is 11.0 Å². The van der Waals surface area contributed by atoms with Crippen LogP contribution in [0.25, 0.3) is 11.3 Å². The number of carbonyl (C=O) groups excluding carboxylic acids is 1. The molecule has 1 fully saturated rings. The minimum absolute atomic E-state index is 0.0522. The lowest BCUT2D eigenvalue weighted by molar-refractivity contribution is -0.141. The van der Waals surface area contributed by atoms with Crippen LogP contribution in [0.15, 0.2) is 41.6 Å². The smallest absolute Gasteiger partial charge is 0.339 e. The maximum Gasteiger partial charge on any atom is 0.433 e. The Bertz CT molecular complexity index is 824. The first kappa shape index (κ1) is 20.6. The van der Waals surface area contributed by atoms with E-state index in [0.717, 1.165) is 30.9 Å². The van der Waals surface area contributed by atoms with Gasteiger partial charge in [-0.25, -0.2) is 9.97 Å². The number of aromatic nitrogens is 2. The predicted octanol–water partition coefficient (Wildman–Crippen LogP) is 3.42. The Morgan fingerprint density at radius 1 is 1.11 bits per heavy atom. The monoisotopic (exact) mass is 410 g/mol. The Morgan fingerprint density at radius 2 is 1.75 bits per heavy atom. The second kappa shape index (κ2) is 8.48. The molecule has 1 aliphatic rings. The topological polar surface area (TPSA) is 49.3 Å². The summed E-state index contributed by atoms with van der Waals surface area (Å²) in [5, 5.41) is -0.626. The molecule has 150 valence electrons. The Labute approximate surface area is 166 Å². The molecule has 0 bridgehead atoms. The number of rotatable bonds is 4. The average Bonchev–Trinajstić information content (AvgIpc) is 2.68. The molecule has 0 N–H and O–H groups in total. The van der Waals surface area contributed by atoms with Crippen molar-refractivity contribution in [2.75, 3.05) is 33.2 Å². The van der Waals surface area contributed by atoms with Crippen LogP contribution in [0.5, 0.6) is 0 Å². The number of benzene rings is 1. The van der Waals surface area contributed by atoms with E-state index in [4.69, 9.17) is 0 Å². The van der Waals surface area contributed by atoms with Gasteiger partial charge in [-0.15, -0.1) is 0 Å². The number of piperazine rings is 1. The van der Waals surface area contributed by atoms with Gasteiger partial charge in [0.25, 0.3) is 0 Å². The average molecular weight is 410 g/mol. The van der Waals surface area contributed by atoms with E-state index in [1.54, 1.807) is 42.2 Å². The Kier molecular flexibility index (Phi) is 6.24. The van der Waals surface area contributed by atoms with E-state index >= 15 is 0 Å². The summed E-state index contributed by atoms with van der Waals surface area (Å²) in [6.07, 6.45) is -4.59. The fourth-order valence-corrected chi connectivity index (χ4v) is 3.74. The van der Waals surface area contributed by atoms with Crippen LogP contribution in [0, 0.1) is 0 Å². The molecule has 2 aromatic rings. The van der Waals surface area contributed by atoms with Gasteiger partial charge in [0.05, 0.1) is 10.9 Å². The van der Waals surface area contributed by atoms with Crippen LogP contribution in [0.1, 0.15) is 12.6 Å². The molecular weight excluding hydrogens is 389 g/mol. The predicted molar refractivity (Wildman–Crippen MR) is 102 cm³/mol. The first-order valence-corrected chi connectivity index (χ1v) is 9.77. The molecule has 5 nitrogen and oxygen atoms in total. The molecule has 9 heteroatoms. The molecule has 1 saturated heterocycles. The van der Waals surface area contributed by atoms with Crippen LogP contribution >= 0.6 is 11.8 Å². The summed E-state index contributed by atoms with van der Waals surface area (Å²) < 4.78 is 39.9. The standard InChI is InChI=1S/C19H21F3N4OS/c1-13(17(27)26-10-8-25(2)9-11-26)28-18-23-15(14-6-4-3-5-7-14)12-16(24-18)19(20,21)22/h3-7,12-13H,8-11H2,1-2H3. The highest BCUT2D eigenvalue weighted by Gasteiger charge is 2.34. The Balaban J connectivity index is 1.83. The molecule has 1 aromatic carbocycles. The second-order valence-electron chi connectivity index (χ2n) is 6.67. The first-order valence-electron chi connectivity index (χ1n) is 8.90. The fraction of sp³-hybridized carbons (Fsp3) is 0.421. The zero-order valence-corrected chi connectivity index (χ0v) is 16.4. The van der Waals surface area contributed by atoms with Crippen molar-refractivity contribution in [3.8, 4) is 11.3 Å². The molecule has 1 unspecified atom stereocenters. The molecule has 0 saturated carbocycles. The minimum atomic E-state index is -4.59. The highest BCUT2D eigenvalue weighted by atomic mass is 32.2. The zero-order chi connectivity index (χ0) is 20.3. The molecule has 1 atom stereocenters. The van der Waals surface area contributed by atoms with Gasteiger partial charge in [0.15, 0.2) is 5.16 Å². The van der Waals surface area contributed by atoms with Crippen molar-refractivity contribution in [1.29, 1.82) is 0 Å². The van der Waals surface area contributed by atoms with E-state index in [9.17, 15) is 18.0 Å². The van der Waals surface area contributed by atoms with E-state index in [1.165, 1.54) is 0 Å². The number of hydrogen-bond acceptors (Lipinski definition) is 5. The highest BCUT2D eigenvalue weighted by molar-refractivity contribution is 8.00. The van der Waals surface area contributed by atoms with E-state index in [-0.39, 0.29) is 16.8 Å². The summed E-state index contributed by atoms with van der Waals surface area (Å²) >= 11 is 0.958. The van der Waals surface area contributed by atoms with Crippen LogP contribution in [-0.4, -0.2) is 64.2 Å². The molecule has 28 heavy (non-hydrogen) atoms. The summed E-state index contributed by atoms with van der Waals surface area (Å²) in [6, 6.07) is 9.56. The lowest BCUT2D eigenvalue weighted by atomic mass is 10.1. The van der Waals surface area contributed by atoms with Crippen LogP contribution in [0.4, 0.5) is 13.2 Å². The van der Waals surface area contributed by atoms with Gasteiger partial charge in [0.2, 0.25) is 5.91 Å². The largest absolute Gasteiger partial charge is 0.433 e. The Hall–Kier alpha value is -2.13. The van der Waals surface area contributed by atoms with Gasteiger partial charge in [-0.3, -0.25) is 4.79 Å². The molecule has 1 amide bonds. The van der Waals surface area contributed by atoms with Crippen molar-refractivity contribution in [3.63, 3.8) is 0 Å². The molecule has 1 aromatic heterocycles. The van der Waals surface area contributed by atoms with Gasteiger partial charge in [-0.2, -0.15) is 13.2 Å². The third-order valence-electron chi connectivity index (χ3n) is 4.51. The quantitative estimate of drug-likeness (QED) is 0.571. The molecule has 0 aliphatic carbocycles. The number of hydrogen-bond donors (Lipinski definition) is 0. The summed E-state index contributed by atoms with van der Waals surface area (Å²) in [4.78, 5) is 24.4. The SMILES string of the molecule is CC(Sc1nc(-c2ccccc2)cc(C(F)(F)F)n1)C(=O)N1CCN(C)CC1. The third kappa shape index (κ3) is 5.02. The number of thioether (sulfide) groups is 1. The number of likely N-dealkylation sites (N-methyl/N-ethyl adjacent to an activating group) is 1. The van der Waals surface area contributed by atoms with Gasteiger partial charge < -0.3 is 9.80 Å². The van der Waals surface area contributed by atoms with Crippen molar-refractivity contribution in [3.05, 3.63) is 42.1 Å². The molecule has 0 radical (unpaired) electrons. The van der Waals surface area contributed by atoms with Crippen LogP contribution < -0.4 is 0 Å². The van der Waals surface area contributed by atoms with Crippen molar-refractivity contribution < 1.29 is 18.0 Å². The lowest BCUT2D eigenvalue weighted by Crippen LogP contribution is -2.49. The second-order valence-corrected chi connectivity index (χ2v) is 7.98. The van der Waals surface area contributed by atoms with Crippen molar-refractivity contribution in [1.82, 2.24) is 19.8 Å². The van der Waals surface area contributed by atoms with E-state index in [1.807, 2.05) is 7.05 Å². The third-order valence-corrected chi connectivity index (χ3v) is 5.46. The van der Waals surface area contributed by atoms with Crippen molar-refractivity contribution in [2.45, 2.75) is 23.5 Å². The molecule has 1 aliphatic heterocycles. The number of carbonyl (C=O) groups is 1. The maximum absolute atomic E-state index is 13.3. The van der Waals surface area contributed by atoms with Crippen LogP contribution in [0.3, 0.4) is 0 Å². The van der Waals surface area contributed by atoms with Crippen molar-refractivity contribution >= 4 is 17.7 Å². The minimum Gasteiger partial charge on any atom is -0.339 e. The molecule has 3 rings (SSSR count). The van der Waals surface area contributed by atoms with Crippen molar-refractivity contribution in [2.24, 2.45) is 0 Å². The Morgan fingerprint density at radius 3 is 2.36 bits per heavy atom. The van der Waals surface area contributed by atoms with Crippen LogP contribution in [0.2, 0.25) is 0 Å². The lowest BCUT2D eigenvalue weighted by Gasteiger charge is -2.33. The van der Waals surface area contributed by atoms with E-state index in [0.29, 0.717) is 18.7 Å². The fourth-order valence-electron chi connectivity index (χ4n) is 2.87. The van der Waals surface area contributed by atoms with E-state index in [2.05, 4.69) is 14.9 Å². The van der Waals surface area contributed by atoms with E-state index < -0.39 is 17.1 Å². The normalized spacial score (nSPS) is 16.8. The number of amides is 1. The maximum atomic E-state index is 13.3. The van der Waals surface area contributed by atoms with Gasteiger partial charge in [0.1, 0.15) is 5.69 Å². The summed E-state index contributed by atoms with van der Waals surface area (Å²) in [5.41, 5.74) is -0.261. The molecule has 0 spiro atoms. The number of halogens is 3. The molecular formula is C19H21F3N4OS.